The molecule has 0 aromatic heterocycles. The molecule has 1 atom stereocenters. The van der Waals surface area contributed by atoms with Gasteiger partial charge in [0, 0.05) is 12.3 Å². The molecule has 0 aliphatic carbocycles. The lowest BCUT2D eigenvalue weighted by Gasteiger charge is -2.13. The molecule has 0 bridgehead atoms. The Bertz CT molecular complexity index is 351. The first-order chi connectivity index (χ1) is 8.61. The highest BCUT2D eigenvalue weighted by atomic mass is 32.2. The first-order valence-corrected chi connectivity index (χ1v) is 5.86. The molecule has 7 nitrogen and oxygen atoms in total. The quantitative estimate of drug-likeness (QED) is 0.488. The summed E-state index contributed by atoms with van der Waals surface area (Å²) >= 11 is -0.322. The first kappa shape index (κ1) is 17.4. The third kappa shape index (κ3) is 10.00. The van der Waals surface area contributed by atoms with Crippen molar-refractivity contribution in [1.29, 1.82) is 0 Å². The van der Waals surface area contributed by atoms with E-state index in [4.69, 9.17) is 10.8 Å². The summed E-state index contributed by atoms with van der Waals surface area (Å²) in [7, 11) is 0. The number of alkyl halides is 3. The second-order valence-electron chi connectivity index (χ2n) is 3.26. The molecular weight excluding hydrogens is 291 g/mol. The standard InChI is InChI=1S/C8H12F3N3O4S/c9-8(10,11)19-2-1-13-7(18)14-4(6(16)17)3-5(12)15/h4H,1-3H2,(H2,12,15)(H,16,17)(H2,13,14,18)/t4-/m1/s1. The molecule has 0 spiro atoms. The number of amides is 3. The van der Waals surface area contributed by atoms with E-state index in [-0.39, 0.29) is 18.3 Å². The van der Waals surface area contributed by atoms with Crippen LogP contribution < -0.4 is 16.4 Å². The number of primary amides is 1. The Morgan fingerprint density at radius 1 is 1.32 bits per heavy atom. The Kier molecular flexibility index (Phi) is 7.04. The number of halogens is 3. The van der Waals surface area contributed by atoms with Crippen LogP contribution in [0.5, 0.6) is 0 Å². The minimum Gasteiger partial charge on any atom is -0.480 e. The largest absolute Gasteiger partial charge is 0.480 e. The average Bonchev–Trinajstić information content (AvgIpc) is 2.21. The number of carboxylic acid groups (broad SMARTS) is 1. The van der Waals surface area contributed by atoms with Crippen molar-refractivity contribution in [3.63, 3.8) is 0 Å². The predicted octanol–water partition coefficient (Wildman–Crippen LogP) is -0.133. The highest BCUT2D eigenvalue weighted by molar-refractivity contribution is 8.00. The normalized spacial score (nSPS) is 12.6. The molecule has 11 heteroatoms. The minimum atomic E-state index is -4.40. The summed E-state index contributed by atoms with van der Waals surface area (Å²) in [5, 5.41) is 12.6. The van der Waals surface area contributed by atoms with Gasteiger partial charge in [0.1, 0.15) is 6.04 Å². The monoisotopic (exact) mass is 303 g/mol. The van der Waals surface area contributed by atoms with Crippen molar-refractivity contribution in [2.75, 3.05) is 12.3 Å². The number of hydrogen-bond donors (Lipinski definition) is 4. The second-order valence-corrected chi connectivity index (χ2v) is 4.42. The Morgan fingerprint density at radius 2 is 1.89 bits per heavy atom. The van der Waals surface area contributed by atoms with E-state index in [2.05, 4.69) is 0 Å². The SMILES string of the molecule is NC(=O)C[C@@H](NC(=O)NCCSC(F)(F)F)C(=O)O. The van der Waals surface area contributed by atoms with Crippen LogP contribution >= 0.6 is 11.8 Å². The van der Waals surface area contributed by atoms with Gasteiger partial charge >= 0.3 is 17.5 Å². The highest BCUT2D eigenvalue weighted by Crippen LogP contribution is 2.29. The van der Waals surface area contributed by atoms with Crippen molar-refractivity contribution in [2.45, 2.75) is 18.0 Å². The number of carbonyl (C=O) groups is 3. The van der Waals surface area contributed by atoms with Gasteiger partial charge in [-0.15, -0.1) is 0 Å². The van der Waals surface area contributed by atoms with Crippen LogP contribution in [0.25, 0.3) is 0 Å². The predicted molar refractivity (Wildman–Crippen MR) is 60.3 cm³/mol. The van der Waals surface area contributed by atoms with E-state index in [9.17, 15) is 27.6 Å². The number of carbonyl (C=O) groups excluding carboxylic acids is 2. The van der Waals surface area contributed by atoms with Crippen molar-refractivity contribution in [3.05, 3.63) is 0 Å². The fraction of sp³-hybridized carbons (Fsp3) is 0.625. The second kappa shape index (κ2) is 7.71. The zero-order valence-corrected chi connectivity index (χ0v) is 10.3. The summed E-state index contributed by atoms with van der Waals surface area (Å²) in [4.78, 5) is 32.3. The van der Waals surface area contributed by atoms with Gasteiger partial charge in [-0.25, -0.2) is 9.59 Å². The van der Waals surface area contributed by atoms with E-state index < -0.39 is 41.6 Å². The van der Waals surface area contributed by atoms with E-state index in [1.54, 1.807) is 0 Å². The van der Waals surface area contributed by atoms with Gasteiger partial charge in [-0.3, -0.25) is 4.79 Å². The first-order valence-electron chi connectivity index (χ1n) is 4.88. The van der Waals surface area contributed by atoms with Crippen LogP contribution in [-0.4, -0.2) is 46.9 Å². The number of carboxylic acids is 1. The van der Waals surface area contributed by atoms with Crippen molar-refractivity contribution in [3.8, 4) is 0 Å². The Hall–Kier alpha value is -1.65. The van der Waals surface area contributed by atoms with Gasteiger partial charge in [-0.2, -0.15) is 13.2 Å². The molecule has 0 fully saturated rings. The molecule has 0 aromatic rings. The Balaban J connectivity index is 4.00. The van der Waals surface area contributed by atoms with Gasteiger partial charge in [-0.1, -0.05) is 0 Å². The molecule has 0 heterocycles. The molecular formula is C8H12F3N3O4S. The molecule has 3 amide bonds. The van der Waals surface area contributed by atoms with Crippen LogP contribution in [0.15, 0.2) is 0 Å². The lowest BCUT2D eigenvalue weighted by atomic mass is 10.2. The van der Waals surface area contributed by atoms with Crippen molar-refractivity contribution >= 4 is 29.7 Å². The van der Waals surface area contributed by atoms with E-state index in [1.807, 2.05) is 10.6 Å². The van der Waals surface area contributed by atoms with Crippen LogP contribution in [0.4, 0.5) is 18.0 Å². The fourth-order valence-corrected chi connectivity index (χ4v) is 1.38. The summed E-state index contributed by atoms with van der Waals surface area (Å²) < 4.78 is 35.2. The van der Waals surface area contributed by atoms with Gasteiger partial charge in [0.15, 0.2) is 0 Å². The highest BCUT2D eigenvalue weighted by Gasteiger charge is 2.27. The summed E-state index contributed by atoms with van der Waals surface area (Å²) in [6.07, 6.45) is -0.611. The number of aliphatic carboxylic acids is 1. The molecule has 0 radical (unpaired) electrons. The van der Waals surface area contributed by atoms with E-state index in [1.165, 1.54) is 0 Å². The Morgan fingerprint density at radius 3 is 2.32 bits per heavy atom. The van der Waals surface area contributed by atoms with Crippen molar-refractivity contribution in [1.82, 2.24) is 10.6 Å². The number of hydrogen-bond acceptors (Lipinski definition) is 4. The van der Waals surface area contributed by atoms with Gasteiger partial charge in [0.2, 0.25) is 5.91 Å². The molecule has 0 aliphatic rings. The molecule has 0 unspecified atom stereocenters. The average molecular weight is 303 g/mol. The molecule has 0 rings (SSSR count). The minimum absolute atomic E-state index is 0.307. The van der Waals surface area contributed by atoms with Crippen molar-refractivity contribution < 1.29 is 32.7 Å². The molecule has 0 saturated heterocycles. The fourth-order valence-electron chi connectivity index (χ4n) is 0.942. The summed E-state index contributed by atoms with van der Waals surface area (Å²) in [6.45, 7) is -0.307. The topological polar surface area (TPSA) is 122 Å². The van der Waals surface area contributed by atoms with Crippen LogP contribution in [0, 0.1) is 0 Å². The molecule has 0 aliphatic heterocycles. The number of rotatable bonds is 7. The smallest absolute Gasteiger partial charge is 0.441 e. The van der Waals surface area contributed by atoms with Crippen LogP contribution in [0.1, 0.15) is 6.42 Å². The lowest BCUT2D eigenvalue weighted by Crippen LogP contribution is -2.48. The van der Waals surface area contributed by atoms with Gasteiger partial charge in [-0.05, 0) is 11.8 Å². The molecule has 5 N–H and O–H groups in total. The number of urea groups is 1. The number of nitrogens with two attached hydrogens (primary N) is 1. The molecule has 0 saturated carbocycles. The maximum atomic E-state index is 11.7. The molecule has 19 heavy (non-hydrogen) atoms. The zero-order chi connectivity index (χ0) is 15.1. The van der Waals surface area contributed by atoms with Gasteiger partial charge < -0.3 is 21.5 Å². The van der Waals surface area contributed by atoms with E-state index in [0.29, 0.717) is 0 Å². The third-order valence-electron chi connectivity index (χ3n) is 1.66. The maximum absolute atomic E-state index is 11.7. The van der Waals surface area contributed by atoms with Gasteiger partial charge in [0.05, 0.1) is 6.42 Å². The number of thioether (sulfide) groups is 1. The van der Waals surface area contributed by atoms with Crippen LogP contribution in [0.3, 0.4) is 0 Å². The third-order valence-corrected chi connectivity index (χ3v) is 2.40. The Labute approximate surface area is 110 Å². The molecule has 0 aromatic carbocycles. The van der Waals surface area contributed by atoms with Crippen LogP contribution in [-0.2, 0) is 9.59 Å². The van der Waals surface area contributed by atoms with E-state index >= 15 is 0 Å². The molecule has 110 valence electrons. The summed E-state index contributed by atoms with van der Waals surface area (Å²) in [5.41, 5.74) is 0.379. The number of nitrogens with one attached hydrogen (secondary N) is 2. The maximum Gasteiger partial charge on any atom is 0.441 e. The van der Waals surface area contributed by atoms with Crippen LogP contribution in [0.2, 0.25) is 0 Å². The summed E-state index contributed by atoms with van der Waals surface area (Å²) in [5.74, 6) is -2.82. The van der Waals surface area contributed by atoms with Gasteiger partial charge in [0.25, 0.3) is 0 Å². The lowest BCUT2D eigenvalue weighted by molar-refractivity contribution is -0.140. The zero-order valence-electron chi connectivity index (χ0n) is 9.49. The van der Waals surface area contributed by atoms with E-state index in [0.717, 1.165) is 0 Å². The summed E-state index contributed by atoms with van der Waals surface area (Å²) in [6, 6.07) is -2.51. The van der Waals surface area contributed by atoms with Crippen molar-refractivity contribution in [2.24, 2.45) is 5.73 Å².